The molecular formula is C32H19ClN2S. The van der Waals surface area contributed by atoms with Gasteiger partial charge in [0.1, 0.15) is 0 Å². The fourth-order valence-corrected chi connectivity index (χ4v) is 6.31. The Morgan fingerprint density at radius 1 is 0.472 bits per heavy atom. The van der Waals surface area contributed by atoms with E-state index in [0.717, 1.165) is 27.9 Å². The van der Waals surface area contributed by atoms with Gasteiger partial charge in [0.05, 0.1) is 11.4 Å². The molecule has 0 N–H and O–H groups in total. The van der Waals surface area contributed by atoms with Crippen molar-refractivity contribution >= 4 is 53.9 Å². The van der Waals surface area contributed by atoms with E-state index in [-0.39, 0.29) is 5.28 Å². The molecule has 0 bridgehead atoms. The number of thiophene rings is 1. The second-order valence-corrected chi connectivity index (χ2v) is 10.2. The summed E-state index contributed by atoms with van der Waals surface area (Å²) in [4.78, 5) is 9.08. The zero-order valence-electron chi connectivity index (χ0n) is 19.2. The summed E-state index contributed by atoms with van der Waals surface area (Å²) in [5, 5.41) is 5.20. The van der Waals surface area contributed by atoms with E-state index in [2.05, 4.69) is 88.8 Å². The number of benzene rings is 5. The SMILES string of the molecule is Clc1nc(-c2ccccc2)cc(-c2ccc(-c3ccc4c(c3)sc3ccccc34)c3ccccc23)n1. The number of hydrogen-bond acceptors (Lipinski definition) is 3. The van der Waals surface area contributed by atoms with Gasteiger partial charge in [-0.05, 0) is 51.7 Å². The highest BCUT2D eigenvalue weighted by Crippen LogP contribution is 2.40. The van der Waals surface area contributed by atoms with Crippen molar-refractivity contribution in [2.75, 3.05) is 0 Å². The van der Waals surface area contributed by atoms with Crippen molar-refractivity contribution < 1.29 is 0 Å². The van der Waals surface area contributed by atoms with E-state index < -0.39 is 0 Å². The Morgan fingerprint density at radius 2 is 1.11 bits per heavy atom. The lowest BCUT2D eigenvalue weighted by Crippen LogP contribution is -1.93. The van der Waals surface area contributed by atoms with E-state index in [9.17, 15) is 0 Å². The standard InChI is InChI=1S/C32H19ClN2S/c33-32-34-28(20-8-2-1-3-9-20)19-29(35-32)25-17-16-22(23-10-4-5-11-24(23)25)21-14-15-27-26-12-6-7-13-30(26)36-31(27)18-21/h1-19H. The summed E-state index contributed by atoms with van der Waals surface area (Å²) in [7, 11) is 0. The van der Waals surface area contributed by atoms with Crippen LogP contribution in [0.2, 0.25) is 5.28 Å². The molecule has 0 spiro atoms. The maximum absolute atomic E-state index is 6.40. The molecule has 5 aromatic carbocycles. The summed E-state index contributed by atoms with van der Waals surface area (Å²) < 4.78 is 2.62. The molecule has 0 amide bonds. The van der Waals surface area contributed by atoms with Gasteiger partial charge in [0.25, 0.3) is 0 Å². The predicted molar refractivity (Wildman–Crippen MR) is 154 cm³/mol. The van der Waals surface area contributed by atoms with Crippen LogP contribution in [0, 0.1) is 0 Å². The van der Waals surface area contributed by atoms with Crippen LogP contribution in [0.25, 0.3) is 64.6 Å². The van der Waals surface area contributed by atoms with Crippen molar-refractivity contribution in [1.29, 1.82) is 0 Å². The zero-order valence-corrected chi connectivity index (χ0v) is 20.7. The molecule has 0 atom stereocenters. The Balaban J connectivity index is 1.40. The number of halogens is 1. The molecule has 2 heterocycles. The minimum atomic E-state index is 0.245. The lowest BCUT2D eigenvalue weighted by molar-refractivity contribution is 1.18. The number of hydrogen-bond donors (Lipinski definition) is 0. The maximum Gasteiger partial charge on any atom is 0.223 e. The average molecular weight is 499 g/mol. The minimum absolute atomic E-state index is 0.245. The van der Waals surface area contributed by atoms with Crippen LogP contribution in [-0.4, -0.2) is 9.97 Å². The molecule has 0 aliphatic carbocycles. The Hall–Kier alpha value is -4.05. The van der Waals surface area contributed by atoms with E-state index in [1.54, 1.807) is 0 Å². The average Bonchev–Trinajstić information content (AvgIpc) is 3.30. The van der Waals surface area contributed by atoms with Crippen molar-refractivity contribution in [2.24, 2.45) is 0 Å². The van der Waals surface area contributed by atoms with Crippen molar-refractivity contribution in [3.63, 3.8) is 0 Å². The molecule has 2 aromatic heterocycles. The van der Waals surface area contributed by atoms with Crippen LogP contribution in [0.15, 0.2) is 115 Å². The molecule has 0 radical (unpaired) electrons. The van der Waals surface area contributed by atoms with Crippen molar-refractivity contribution in [3.05, 3.63) is 121 Å². The molecular weight excluding hydrogens is 480 g/mol. The first-order valence-corrected chi connectivity index (χ1v) is 13.0. The summed E-state index contributed by atoms with van der Waals surface area (Å²) in [6, 6.07) is 40.4. The van der Waals surface area contributed by atoms with Gasteiger partial charge in [-0.25, -0.2) is 9.97 Å². The quantitative estimate of drug-likeness (QED) is 0.226. The third kappa shape index (κ3) is 3.56. The molecule has 4 heteroatoms. The van der Waals surface area contributed by atoms with Gasteiger partial charge in [-0.15, -0.1) is 11.3 Å². The number of nitrogens with zero attached hydrogens (tertiary/aromatic N) is 2. The highest BCUT2D eigenvalue weighted by molar-refractivity contribution is 7.25. The normalized spacial score (nSPS) is 11.5. The largest absolute Gasteiger partial charge is 0.223 e. The van der Waals surface area contributed by atoms with Gasteiger partial charge in [0.2, 0.25) is 5.28 Å². The third-order valence-electron chi connectivity index (χ3n) is 6.66. The molecule has 7 rings (SSSR count). The van der Waals surface area contributed by atoms with E-state index >= 15 is 0 Å². The van der Waals surface area contributed by atoms with Crippen LogP contribution in [0.5, 0.6) is 0 Å². The van der Waals surface area contributed by atoms with E-state index in [0.29, 0.717) is 0 Å². The monoisotopic (exact) mass is 498 g/mol. The van der Waals surface area contributed by atoms with Crippen molar-refractivity contribution in [1.82, 2.24) is 9.97 Å². The lowest BCUT2D eigenvalue weighted by atomic mass is 9.93. The Morgan fingerprint density at radius 3 is 1.94 bits per heavy atom. The van der Waals surface area contributed by atoms with Gasteiger partial charge in [0.15, 0.2) is 0 Å². The first kappa shape index (κ1) is 21.3. The van der Waals surface area contributed by atoms with Crippen LogP contribution in [-0.2, 0) is 0 Å². The van der Waals surface area contributed by atoms with Gasteiger partial charge in [-0.3, -0.25) is 0 Å². The van der Waals surface area contributed by atoms with Crippen LogP contribution < -0.4 is 0 Å². The van der Waals surface area contributed by atoms with Crippen LogP contribution in [0.1, 0.15) is 0 Å². The van der Waals surface area contributed by atoms with Crippen LogP contribution in [0.4, 0.5) is 0 Å². The van der Waals surface area contributed by atoms with Gasteiger partial charge >= 0.3 is 0 Å². The Labute approximate surface area is 217 Å². The fourth-order valence-electron chi connectivity index (χ4n) is 4.98. The molecule has 170 valence electrons. The Kier molecular flexibility index (Phi) is 5.05. The van der Waals surface area contributed by atoms with E-state index in [1.165, 1.54) is 36.7 Å². The highest BCUT2D eigenvalue weighted by Gasteiger charge is 2.14. The molecule has 0 saturated carbocycles. The summed E-state index contributed by atoms with van der Waals surface area (Å²) in [6.45, 7) is 0. The molecule has 0 saturated heterocycles. The van der Waals surface area contributed by atoms with E-state index in [4.69, 9.17) is 11.6 Å². The van der Waals surface area contributed by atoms with Crippen LogP contribution in [0.3, 0.4) is 0 Å². The molecule has 36 heavy (non-hydrogen) atoms. The molecule has 0 unspecified atom stereocenters. The van der Waals surface area contributed by atoms with Gasteiger partial charge in [-0.2, -0.15) is 0 Å². The maximum atomic E-state index is 6.40. The topological polar surface area (TPSA) is 25.8 Å². The van der Waals surface area contributed by atoms with Crippen molar-refractivity contribution in [3.8, 4) is 33.6 Å². The summed E-state index contributed by atoms with van der Waals surface area (Å²) in [6.07, 6.45) is 0. The summed E-state index contributed by atoms with van der Waals surface area (Å²) in [5.74, 6) is 0. The smallest absolute Gasteiger partial charge is 0.218 e. The first-order chi connectivity index (χ1) is 17.7. The molecule has 7 aromatic rings. The lowest BCUT2D eigenvalue weighted by Gasteiger charge is -2.13. The highest BCUT2D eigenvalue weighted by atomic mass is 35.5. The second kappa shape index (κ2) is 8.56. The first-order valence-electron chi connectivity index (χ1n) is 11.8. The predicted octanol–water partition coefficient (Wildman–Crippen LogP) is 9.65. The van der Waals surface area contributed by atoms with Crippen molar-refractivity contribution in [2.45, 2.75) is 0 Å². The molecule has 0 aliphatic heterocycles. The Bertz CT molecular complexity index is 1910. The van der Waals surface area contributed by atoms with Gasteiger partial charge < -0.3 is 0 Å². The minimum Gasteiger partial charge on any atom is -0.218 e. The molecule has 0 aliphatic rings. The zero-order chi connectivity index (χ0) is 24.1. The van der Waals surface area contributed by atoms with E-state index in [1.807, 2.05) is 47.7 Å². The third-order valence-corrected chi connectivity index (χ3v) is 7.96. The van der Waals surface area contributed by atoms with Gasteiger partial charge in [-0.1, -0.05) is 97.1 Å². The molecule has 0 fully saturated rings. The number of rotatable bonds is 3. The van der Waals surface area contributed by atoms with Gasteiger partial charge in [0, 0.05) is 31.3 Å². The van der Waals surface area contributed by atoms with Crippen LogP contribution >= 0.6 is 22.9 Å². The summed E-state index contributed by atoms with van der Waals surface area (Å²) in [5.41, 5.74) is 6.10. The fraction of sp³-hybridized carbons (Fsp3) is 0. The number of aromatic nitrogens is 2. The summed E-state index contributed by atoms with van der Waals surface area (Å²) >= 11 is 8.24. The second-order valence-electron chi connectivity index (χ2n) is 8.79. The number of fused-ring (bicyclic) bond motifs is 4. The molecule has 2 nitrogen and oxygen atoms in total.